The zero-order valence-corrected chi connectivity index (χ0v) is 12.7. The van der Waals surface area contributed by atoms with Crippen LogP contribution >= 0.6 is 11.6 Å². The number of amides is 1. The zero-order valence-electron chi connectivity index (χ0n) is 12.0. The van der Waals surface area contributed by atoms with Gasteiger partial charge in [-0.15, -0.1) is 0 Å². The fraction of sp³-hybridized carbons (Fsp3) is 0.375. The summed E-state index contributed by atoms with van der Waals surface area (Å²) in [6.07, 6.45) is 2.27. The second-order valence-corrected chi connectivity index (χ2v) is 6.11. The third kappa shape index (κ3) is 3.10. The highest BCUT2D eigenvalue weighted by Gasteiger charge is 2.23. The Morgan fingerprint density at radius 3 is 3.05 bits per heavy atom. The topological polar surface area (TPSA) is 49.0 Å². The monoisotopic (exact) mass is 303 g/mol. The number of benzene rings is 1. The first kappa shape index (κ1) is 14.1. The highest BCUT2D eigenvalue weighted by molar-refractivity contribution is 6.30. The third-order valence-corrected chi connectivity index (χ3v) is 4.11. The van der Waals surface area contributed by atoms with Crippen LogP contribution in [-0.4, -0.2) is 34.1 Å². The Morgan fingerprint density at radius 2 is 2.29 bits per heavy atom. The fourth-order valence-electron chi connectivity index (χ4n) is 2.77. The van der Waals surface area contributed by atoms with Crippen LogP contribution < -0.4 is 0 Å². The van der Waals surface area contributed by atoms with Crippen molar-refractivity contribution in [1.82, 2.24) is 15.1 Å². The molecule has 3 rings (SSSR count). The number of carbonyl (C=O) groups excluding carboxylic acids is 1. The first-order valence-electron chi connectivity index (χ1n) is 7.24. The van der Waals surface area contributed by atoms with Gasteiger partial charge in [0, 0.05) is 23.7 Å². The molecule has 1 aromatic heterocycles. The van der Waals surface area contributed by atoms with E-state index in [1.54, 1.807) is 6.07 Å². The highest BCUT2D eigenvalue weighted by Crippen LogP contribution is 2.23. The number of aromatic nitrogens is 2. The van der Waals surface area contributed by atoms with E-state index in [0.717, 1.165) is 30.8 Å². The molecular weight excluding hydrogens is 286 g/mol. The van der Waals surface area contributed by atoms with Crippen LogP contribution in [0.1, 0.15) is 30.3 Å². The summed E-state index contributed by atoms with van der Waals surface area (Å²) in [5.74, 6) is 0.598. The lowest BCUT2D eigenvalue weighted by Crippen LogP contribution is -2.39. The van der Waals surface area contributed by atoms with Crippen LogP contribution in [0, 0.1) is 5.92 Å². The Hall–Kier alpha value is -1.81. The number of rotatable bonds is 2. The van der Waals surface area contributed by atoms with Crippen molar-refractivity contribution in [3.05, 3.63) is 41.0 Å². The average Bonchev–Trinajstić information content (AvgIpc) is 2.96. The molecule has 0 aliphatic carbocycles. The first-order valence-corrected chi connectivity index (χ1v) is 7.62. The van der Waals surface area contributed by atoms with Gasteiger partial charge in [-0.25, -0.2) is 0 Å². The number of carbonyl (C=O) groups is 1. The van der Waals surface area contributed by atoms with Crippen LogP contribution in [0.25, 0.3) is 11.3 Å². The van der Waals surface area contributed by atoms with E-state index in [0.29, 0.717) is 16.6 Å². The van der Waals surface area contributed by atoms with E-state index in [9.17, 15) is 4.79 Å². The third-order valence-electron chi connectivity index (χ3n) is 3.87. The molecule has 1 saturated heterocycles. The number of hydrogen-bond acceptors (Lipinski definition) is 2. The van der Waals surface area contributed by atoms with E-state index in [2.05, 4.69) is 17.1 Å². The SMILES string of the molecule is C[C@H]1CCCN(C(=O)c2cc(-c3cccc(Cl)c3)n[nH]2)C1. The van der Waals surface area contributed by atoms with Crippen LogP contribution in [0.15, 0.2) is 30.3 Å². The molecule has 0 bridgehead atoms. The predicted octanol–water partition coefficient (Wildman–Crippen LogP) is 3.60. The molecule has 2 heterocycles. The lowest BCUT2D eigenvalue weighted by atomic mass is 10.00. The van der Waals surface area contributed by atoms with Gasteiger partial charge in [0.05, 0.1) is 5.69 Å². The summed E-state index contributed by atoms with van der Waals surface area (Å²) >= 11 is 5.99. The normalized spacial score (nSPS) is 18.8. The molecule has 21 heavy (non-hydrogen) atoms. The predicted molar refractivity (Wildman–Crippen MR) is 83.3 cm³/mol. The number of halogens is 1. The number of piperidine rings is 1. The average molecular weight is 304 g/mol. The maximum atomic E-state index is 12.5. The molecular formula is C16H18ClN3O. The second-order valence-electron chi connectivity index (χ2n) is 5.68. The summed E-state index contributed by atoms with van der Waals surface area (Å²) in [5.41, 5.74) is 2.19. The van der Waals surface area contributed by atoms with Crippen molar-refractivity contribution in [3.63, 3.8) is 0 Å². The molecule has 2 aromatic rings. The van der Waals surface area contributed by atoms with E-state index in [-0.39, 0.29) is 5.91 Å². The van der Waals surface area contributed by atoms with Crippen LogP contribution in [0.5, 0.6) is 0 Å². The number of hydrogen-bond donors (Lipinski definition) is 1. The van der Waals surface area contributed by atoms with Crippen molar-refractivity contribution in [2.45, 2.75) is 19.8 Å². The summed E-state index contributed by atoms with van der Waals surface area (Å²) in [6.45, 7) is 3.84. The summed E-state index contributed by atoms with van der Waals surface area (Å²) in [4.78, 5) is 14.4. The van der Waals surface area contributed by atoms with Crippen molar-refractivity contribution in [1.29, 1.82) is 0 Å². The molecule has 1 aliphatic rings. The molecule has 5 heteroatoms. The van der Waals surface area contributed by atoms with Crippen LogP contribution in [0.4, 0.5) is 0 Å². The molecule has 4 nitrogen and oxygen atoms in total. The highest BCUT2D eigenvalue weighted by atomic mass is 35.5. The molecule has 110 valence electrons. The molecule has 1 fully saturated rings. The van der Waals surface area contributed by atoms with Gasteiger partial charge in [0.15, 0.2) is 0 Å². The lowest BCUT2D eigenvalue weighted by molar-refractivity contribution is 0.0677. The maximum Gasteiger partial charge on any atom is 0.271 e. The molecule has 0 unspecified atom stereocenters. The van der Waals surface area contributed by atoms with Gasteiger partial charge in [0.1, 0.15) is 5.69 Å². The summed E-state index contributed by atoms with van der Waals surface area (Å²) in [7, 11) is 0. The van der Waals surface area contributed by atoms with E-state index in [1.165, 1.54) is 6.42 Å². The van der Waals surface area contributed by atoms with Crippen LogP contribution in [-0.2, 0) is 0 Å². The number of H-pyrrole nitrogens is 1. The van der Waals surface area contributed by atoms with Gasteiger partial charge in [0.25, 0.3) is 5.91 Å². The minimum atomic E-state index is 0.0299. The van der Waals surface area contributed by atoms with E-state index in [4.69, 9.17) is 11.6 Å². The Kier molecular flexibility index (Phi) is 3.97. The smallest absolute Gasteiger partial charge is 0.271 e. The Bertz CT molecular complexity index is 652. The maximum absolute atomic E-state index is 12.5. The van der Waals surface area contributed by atoms with Crippen molar-refractivity contribution >= 4 is 17.5 Å². The van der Waals surface area contributed by atoms with Gasteiger partial charge < -0.3 is 4.90 Å². The van der Waals surface area contributed by atoms with Crippen molar-refractivity contribution in [2.75, 3.05) is 13.1 Å². The molecule has 0 spiro atoms. The van der Waals surface area contributed by atoms with Gasteiger partial charge >= 0.3 is 0 Å². The zero-order chi connectivity index (χ0) is 14.8. The molecule has 1 aliphatic heterocycles. The van der Waals surface area contributed by atoms with Crippen molar-refractivity contribution < 1.29 is 4.79 Å². The second kappa shape index (κ2) is 5.90. The van der Waals surface area contributed by atoms with E-state index >= 15 is 0 Å². The largest absolute Gasteiger partial charge is 0.337 e. The molecule has 0 radical (unpaired) electrons. The van der Waals surface area contributed by atoms with Crippen LogP contribution in [0.3, 0.4) is 0 Å². The molecule has 1 N–H and O–H groups in total. The van der Waals surface area contributed by atoms with Crippen LogP contribution in [0.2, 0.25) is 5.02 Å². The van der Waals surface area contributed by atoms with Crippen molar-refractivity contribution in [2.24, 2.45) is 5.92 Å². The lowest BCUT2D eigenvalue weighted by Gasteiger charge is -2.30. The van der Waals surface area contributed by atoms with Gasteiger partial charge in [-0.05, 0) is 37.0 Å². The van der Waals surface area contributed by atoms with Gasteiger partial charge in [-0.3, -0.25) is 9.89 Å². The minimum Gasteiger partial charge on any atom is -0.337 e. The van der Waals surface area contributed by atoms with E-state index < -0.39 is 0 Å². The molecule has 1 amide bonds. The Labute approximate surface area is 129 Å². The number of nitrogens with zero attached hydrogens (tertiary/aromatic N) is 2. The Morgan fingerprint density at radius 1 is 1.43 bits per heavy atom. The fourth-order valence-corrected chi connectivity index (χ4v) is 2.96. The first-order chi connectivity index (χ1) is 10.1. The number of likely N-dealkylation sites (tertiary alicyclic amines) is 1. The number of aromatic amines is 1. The minimum absolute atomic E-state index is 0.0299. The van der Waals surface area contributed by atoms with Gasteiger partial charge in [-0.1, -0.05) is 30.7 Å². The summed E-state index contributed by atoms with van der Waals surface area (Å²) < 4.78 is 0. The quantitative estimate of drug-likeness (QED) is 0.921. The van der Waals surface area contributed by atoms with Gasteiger partial charge in [-0.2, -0.15) is 5.10 Å². The van der Waals surface area contributed by atoms with Gasteiger partial charge in [0.2, 0.25) is 0 Å². The molecule has 1 atom stereocenters. The Balaban J connectivity index is 1.80. The van der Waals surface area contributed by atoms with E-state index in [1.807, 2.05) is 29.2 Å². The van der Waals surface area contributed by atoms with Crippen molar-refractivity contribution in [3.8, 4) is 11.3 Å². The number of nitrogens with one attached hydrogen (secondary N) is 1. The summed E-state index contributed by atoms with van der Waals surface area (Å²) in [5, 5.41) is 7.74. The standard InChI is InChI=1S/C16H18ClN3O/c1-11-4-3-7-20(10-11)16(21)15-9-14(18-19-15)12-5-2-6-13(17)8-12/h2,5-6,8-9,11H,3-4,7,10H2,1H3,(H,18,19)/t11-/m0/s1. The summed E-state index contributed by atoms with van der Waals surface area (Å²) in [6, 6.07) is 9.26. The molecule has 1 aromatic carbocycles. The molecule has 0 saturated carbocycles.